The van der Waals surface area contributed by atoms with Gasteiger partial charge in [-0.3, -0.25) is 20.2 Å². The van der Waals surface area contributed by atoms with E-state index >= 15 is 0 Å². The smallest absolute Gasteiger partial charge is 0.282 e. The van der Waals surface area contributed by atoms with Crippen molar-refractivity contribution in [1.29, 1.82) is 0 Å². The van der Waals surface area contributed by atoms with E-state index in [1.165, 1.54) is 29.5 Å². The standard InChI is InChI=1S/C18H14ClN3O3S/c1-10-3-5-13(11(2)7-10)15-9-26-18(20-15)21-17(23)14-8-12(19)4-6-16(14)22(24)25/h3-9H,1-2H3,(H,20,21,23). The van der Waals surface area contributed by atoms with Gasteiger partial charge >= 0.3 is 0 Å². The number of hydrogen-bond acceptors (Lipinski definition) is 5. The number of nitro groups is 1. The Kier molecular flexibility index (Phi) is 5.01. The number of nitrogens with zero attached hydrogens (tertiary/aromatic N) is 2. The van der Waals surface area contributed by atoms with E-state index in [9.17, 15) is 14.9 Å². The number of benzene rings is 2. The fourth-order valence-electron chi connectivity index (χ4n) is 2.57. The molecule has 0 atom stereocenters. The van der Waals surface area contributed by atoms with Gasteiger partial charge in [-0.25, -0.2) is 4.98 Å². The molecule has 0 aliphatic carbocycles. The fraction of sp³-hybridized carbons (Fsp3) is 0.111. The van der Waals surface area contributed by atoms with Crippen molar-refractivity contribution in [3.8, 4) is 11.3 Å². The summed E-state index contributed by atoms with van der Waals surface area (Å²) >= 11 is 7.12. The van der Waals surface area contributed by atoms with E-state index in [-0.39, 0.29) is 16.3 Å². The van der Waals surface area contributed by atoms with Crippen molar-refractivity contribution in [2.75, 3.05) is 5.32 Å². The molecule has 0 fully saturated rings. The van der Waals surface area contributed by atoms with Crippen molar-refractivity contribution in [1.82, 2.24) is 4.98 Å². The van der Waals surface area contributed by atoms with E-state index in [1.807, 2.05) is 31.4 Å². The Labute approximate surface area is 158 Å². The summed E-state index contributed by atoms with van der Waals surface area (Å²) in [5, 5.41) is 16.2. The Hall–Kier alpha value is -2.77. The molecule has 8 heteroatoms. The van der Waals surface area contributed by atoms with Gasteiger partial charge in [0, 0.05) is 22.0 Å². The van der Waals surface area contributed by atoms with Crippen LogP contribution in [0.5, 0.6) is 0 Å². The molecule has 0 saturated heterocycles. The van der Waals surface area contributed by atoms with Crippen LogP contribution in [0.3, 0.4) is 0 Å². The zero-order chi connectivity index (χ0) is 18.8. The summed E-state index contributed by atoms with van der Waals surface area (Å²) in [6, 6.07) is 9.89. The number of nitro benzene ring substituents is 1. The Balaban J connectivity index is 1.87. The predicted molar refractivity (Wildman–Crippen MR) is 103 cm³/mol. The van der Waals surface area contributed by atoms with Gasteiger partial charge in [-0.2, -0.15) is 0 Å². The number of aryl methyl sites for hydroxylation is 2. The maximum Gasteiger partial charge on any atom is 0.282 e. The quantitative estimate of drug-likeness (QED) is 0.490. The summed E-state index contributed by atoms with van der Waals surface area (Å²) in [7, 11) is 0. The van der Waals surface area contributed by atoms with Gasteiger partial charge in [0.1, 0.15) is 5.56 Å². The molecule has 26 heavy (non-hydrogen) atoms. The minimum atomic E-state index is -0.624. The lowest BCUT2D eigenvalue weighted by Gasteiger charge is -2.05. The second-order valence-electron chi connectivity index (χ2n) is 5.73. The average molecular weight is 388 g/mol. The van der Waals surface area contributed by atoms with Gasteiger partial charge in [0.2, 0.25) is 0 Å². The van der Waals surface area contributed by atoms with Gasteiger partial charge in [0.25, 0.3) is 11.6 Å². The van der Waals surface area contributed by atoms with E-state index in [2.05, 4.69) is 16.4 Å². The molecule has 6 nitrogen and oxygen atoms in total. The average Bonchev–Trinajstić information content (AvgIpc) is 3.02. The van der Waals surface area contributed by atoms with Crippen LogP contribution < -0.4 is 5.32 Å². The topological polar surface area (TPSA) is 85.1 Å². The molecule has 0 bridgehead atoms. The molecule has 1 aromatic heterocycles. The van der Waals surface area contributed by atoms with E-state index in [1.54, 1.807) is 0 Å². The highest BCUT2D eigenvalue weighted by atomic mass is 35.5. The largest absolute Gasteiger partial charge is 0.298 e. The van der Waals surface area contributed by atoms with Gasteiger partial charge in [-0.1, -0.05) is 35.4 Å². The first-order valence-electron chi connectivity index (χ1n) is 7.63. The molecule has 0 spiro atoms. The number of carbonyl (C=O) groups excluding carboxylic acids is 1. The number of amides is 1. The third-order valence-electron chi connectivity index (χ3n) is 3.78. The molecular weight excluding hydrogens is 374 g/mol. The molecule has 3 rings (SSSR count). The third kappa shape index (κ3) is 3.74. The van der Waals surface area contributed by atoms with Crippen molar-refractivity contribution in [3.63, 3.8) is 0 Å². The number of nitrogens with one attached hydrogen (secondary N) is 1. The monoisotopic (exact) mass is 387 g/mol. The summed E-state index contributed by atoms with van der Waals surface area (Å²) < 4.78 is 0. The molecule has 2 aromatic carbocycles. The molecule has 0 radical (unpaired) electrons. The Bertz CT molecular complexity index is 1020. The molecular formula is C18H14ClN3O3S. The summed E-state index contributed by atoms with van der Waals surface area (Å²) in [4.78, 5) is 27.4. The van der Waals surface area contributed by atoms with Gasteiger partial charge in [0.05, 0.1) is 10.6 Å². The lowest BCUT2D eigenvalue weighted by Crippen LogP contribution is -2.13. The molecule has 0 saturated carbocycles. The lowest BCUT2D eigenvalue weighted by atomic mass is 10.0. The summed E-state index contributed by atoms with van der Waals surface area (Å²) in [6.07, 6.45) is 0. The summed E-state index contributed by atoms with van der Waals surface area (Å²) in [5.41, 5.74) is 3.54. The Morgan fingerprint density at radius 3 is 2.69 bits per heavy atom. The van der Waals surface area contributed by atoms with Crippen LogP contribution in [0.1, 0.15) is 21.5 Å². The zero-order valence-corrected chi connectivity index (χ0v) is 15.5. The van der Waals surface area contributed by atoms with Crippen LogP contribution in [0.4, 0.5) is 10.8 Å². The first-order chi connectivity index (χ1) is 12.3. The number of halogens is 1. The molecule has 0 aliphatic heterocycles. The van der Waals surface area contributed by atoms with Crippen molar-refractivity contribution in [2.45, 2.75) is 13.8 Å². The van der Waals surface area contributed by atoms with Gasteiger partial charge < -0.3 is 0 Å². The van der Waals surface area contributed by atoms with E-state index in [0.29, 0.717) is 5.13 Å². The molecule has 1 heterocycles. The normalized spacial score (nSPS) is 10.6. The van der Waals surface area contributed by atoms with Crippen LogP contribution in [0.2, 0.25) is 5.02 Å². The minimum Gasteiger partial charge on any atom is -0.298 e. The van der Waals surface area contributed by atoms with Crippen molar-refractivity contribution < 1.29 is 9.72 Å². The number of hydrogen-bond donors (Lipinski definition) is 1. The lowest BCUT2D eigenvalue weighted by molar-refractivity contribution is -0.385. The number of anilines is 1. The highest BCUT2D eigenvalue weighted by Crippen LogP contribution is 2.29. The van der Waals surface area contributed by atoms with Crippen LogP contribution >= 0.6 is 22.9 Å². The van der Waals surface area contributed by atoms with Crippen LogP contribution in [0.15, 0.2) is 41.8 Å². The Morgan fingerprint density at radius 1 is 1.23 bits per heavy atom. The van der Waals surface area contributed by atoms with E-state index in [0.717, 1.165) is 22.4 Å². The predicted octanol–water partition coefficient (Wildman–Crippen LogP) is 5.24. The fourth-order valence-corrected chi connectivity index (χ4v) is 3.45. The second kappa shape index (κ2) is 7.23. The summed E-state index contributed by atoms with van der Waals surface area (Å²) in [6.45, 7) is 4.01. The van der Waals surface area contributed by atoms with Gasteiger partial charge in [0.15, 0.2) is 5.13 Å². The maximum atomic E-state index is 12.4. The second-order valence-corrected chi connectivity index (χ2v) is 7.02. The van der Waals surface area contributed by atoms with Gasteiger partial charge in [-0.15, -0.1) is 11.3 Å². The number of thiazole rings is 1. The van der Waals surface area contributed by atoms with Crippen LogP contribution in [0, 0.1) is 24.0 Å². The Morgan fingerprint density at radius 2 is 2.00 bits per heavy atom. The van der Waals surface area contributed by atoms with Crippen LogP contribution in [0.25, 0.3) is 11.3 Å². The van der Waals surface area contributed by atoms with Crippen molar-refractivity contribution in [2.24, 2.45) is 0 Å². The number of aromatic nitrogens is 1. The first-order valence-corrected chi connectivity index (χ1v) is 8.89. The van der Waals surface area contributed by atoms with Crippen LogP contribution in [-0.4, -0.2) is 15.8 Å². The molecule has 0 aliphatic rings. The maximum absolute atomic E-state index is 12.4. The summed E-state index contributed by atoms with van der Waals surface area (Å²) in [5.74, 6) is -0.624. The molecule has 1 N–H and O–H groups in total. The third-order valence-corrected chi connectivity index (χ3v) is 4.78. The van der Waals surface area contributed by atoms with Crippen LogP contribution in [-0.2, 0) is 0 Å². The molecule has 1 amide bonds. The SMILES string of the molecule is Cc1ccc(-c2csc(NC(=O)c3cc(Cl)ccc3[N+](=O)[O-])n2)c(C)c1. The molecule has 132 valence electrons. The molecule has 3 aromatic rings. The van der Waals surface area contributed by atoms with E-state index in [4.69, 9.17) is 11.6 Å². The van der Waals surface area contributed by atoms with Crippen molar-refractivity contribution >= 4 is 39.7 Å². The zero-order valence-electron chi connectivity index (χ0n) is 13.9. The van der Waals surface area contributed by atoms with E-state index < -0.39 is 10.8 Å². The number of carbonyl (C=O) groups is 1. The first kappa shape index (κ1) is 18.0. The number of rotatable bonds is 4. The molecule has 0 unspecified atom stereocenters. The van der Waals surface area contributed by atoms with Crippen molar-refractivity contribution in [3.05, 3.63) is 73.6 Å². The highest BCUT2D eigenvalue weighted by molar-refractivity contribution is 7.14. The van der Waals surface area contributed by atoms with Gasteiger partial charge in [-0.05, 0) is 31.5 Å². The minimum absolute atomic E-state index is 0.106. The highest BCUT2D eigenvalue weighted by Gasteiger charge is 2.21.